The fourth-order valence-electron chi connectivity index (χ4n) is 3.12. The van der Waals surface area contributed by atoms with E-state index in [2.05, 4.69) is 20.6 Å². The summed E-state index contributed by atoms with van der Waals surface area (Å²) in [6, 6.07) is 8.06. The lowest BCUT2D eigenvalue weighted by Gasteiger charge is -2.21. The summed E-state index contributed by atoms with van der Waals surface area (Å²) in [6.45, 7) is 4.86. The Hall–Kier alpha value is -3.16. The maximum atomic E-state index is 12.1. The number of carbonyl (C=O) groups excluding carboxylic acids is 2. The van der Waals surface area contributed by atoms with Crippen LogP contribution in [0.3, 0.4) is 0 Å². The summed E-state index contributed by atoms with van der Waals surface area (Å²) in [6.07, 6.45) is 1.47. The molecule has 27 heavy (non-hydrogen) atoms. The van der Waals surface area contributed by atoms with Crippen LogP contribution in [0.2, 0.25) is 0 Å². The smallest absolute Gasteiger partial charge is 0.319 e. The summed E-state index contributed by atoms with van der Waals surface area (Å²) >= 11 is 0. The number of anilines is 1. The van der Waals surface area contributed by atoms with E-state index in [4.69, 9.17) is 0 Å². The minimum absolute atomic E-state index is 0.142. The van der Waals surface area contributed by atoms with Crippen LogP contribution in [0.15, 0.2) is 35.1 Å². The van der Waals surface area contributed by atoms with Crippen LogP contribution in [0.1, 0.15) is 25.6 Å². The van der Waals surface area contributed by atoms with E-state index >= 15 is 0 Å². The van der Waals surface area contributed by atoms with Crippen molar-refractivity contribution in [2.24, 2.45) is 0 Å². The summed E-state index contributed by atoms with van der Waals surface area (Å²) in [5.41, 5.74) is 1.79. The van der Waals surface area contributed by atoms with E-state index in [-0.39, 0.29) is 23.5 Å². The third-order valence-electron chi connectivity index (χ3n) is 4.34. The molecule has 1 aromatic heterocycles. The summed E-state index contributed by atoms with van der Waals surface area (Å²) in [5, 5.41) is 5.60. The molecule has 0 spiro atoms. The number of hydrogen-bond acceptors (Lipinski definition) is 4. The standard InChI is InChI=1S/C19H23N5O3/c1-12(11-24-9-3-4-18(24)26)20-19(27)23-15-7-5-14(6-8-15)16-10-17(25)22-13(2)21-16/h5-8,10,12H,3-4,9,11H2,1-2H3,(H2,20,23,27)(H,21,22,25). The van der Waals surface area contributed by atoms with E-state index in [1.165, 1.54) is 6.07 Å². The molecule has 0 bridgehead atoms. The van der Waals surface area contributed by atoms with Gasteiger partial charge in [-0.2, -0.15) is 0 Å². The number of hydrogen-bond donors (Lipinski definition) is 3. The molecular weight excluding hydrogens is 346 g/mol. The predicted octanol–water partition coefficient (Wildman–Crippen LogP) is 1.88. The van der Waals surface area contributed by atoms with Gasteiger partial charge in [-0.25, -0.2) is 9.78 Å². The minimum atomic E-state index is -0.327. The zero-order valence-corrected chi connectivity index (χ0v) is 15.4. The number of amides is 3. The molecule has 1 saturated heterocycles. The molecule has 3 N–H and O–H groups in total. The predicted molar refractivity (Wildman–Crippen MR) is 102 cm³/mol. The molecule has 0 saturated carbocycles. The minimum Gasteiger partial charge on any atom is -0.341 e. The van der Waals surface area contributed by atoms with E-state index in [0.717, 1.165) is 18.5 Å². The van der Waals surface area contributed by atoms with Crippen molar-refractivity contribution in [3.63, 3.8) is 0 Å². The van der Waals surface area contributed by atoms with Gasteiger partial charge in [0.2, 0.25) is 5.91 Å². The van der Waals surface area contributed by atoms with Gasteiger partial charge in [-0.05, 0) is 32.4 Å². The fourth-order valence-corrected chi connectivity index (χ4v) is 3.12. The largest absolute Gasteiger partial charge is 0.341 e. The Morgan fingerprint density at radius 3 is 2.67 bits per heavy atom. The Morgan fingerprint density at radius 2 is 2.04 bits per heavy atom. The monoisotopic (exact) mass is 369 g/mol. The number of aromatic nitrogens is 2. The third-order valence-corrected chi connectivity index (χ3v) is 4.34. The highest BCUT2D eigenvalue weighted by Gasteiger charge is 2.22. The SMILES string of the molecule is Cc1nc(-c2ccc(NC(=O)NC(C)CN3CCCC3=O)cc2)cc(=O)[nH]1. The lowest BCUT2D eigenvalue weighted by Crippen LogP contribution is -2.44. The van der Waals surface area contributed by atoms with Crippen LogP contribution in [0.5, 0.6) is 0 Å². The Morgan fingerprint density at radius 1 is 1.30 bits per heavy atom. The number of carbonyl (C=O) groups is 2. The molecule has 2 aromatic rings. The zero-order chi connectivity index (χ0) is 19.4. The van der Waals surface area contributed by atoms with Gasteiger partial charge in [0.05, 0.1) is 5.69 Å². The van der Waals surface area contributed by atoms with Gasteiger partial charge in [-0.3, -0.25) is 9.59 Å². The van der Waals surface area contributed by atoms with Crippen LogP contribution in [0.4, 0.5) is 10.5 Å². The first kappa shape index (κ1) is 18.6. The van der Waals surface area contributed by atoms with Crippen LogP contribution in [-0.2, 0) is 4.79 Å². The summed E-state index contributed by atoms with van der Waals surface area (Å²) in [7, 11) is 0. The summed E-state index contributed by atoms with van der Waals surface area (Å²) in [4.78, 5) is 44.0. The van der Waals surface area contributed by atoms with Crippen molar-refractivity contribution in [1.82, 2.24) is 20.2 Å². The van der Waals surface area contributed by atoms with Crippen molar-refractivity contribution in [3.05, 3.63) is 46.5 Å². The quantitative estimate of drug-likeness (QED) is 0.748. The highest BCUT2D eigenvalue weighted by Crippen LogP contribution is 2.18. The molecule has 1 fully saturated rings. The number of rotatable bonds is 5. The molecule has 1 aromatic carbocycles. The number of nitrogens with one attached hydrogen (secondary N) is 3. The summed E-state index contributed by atoms with van der Waals surface area (Å²) in [5.74, 6) is 0.688. The van der Waals surface area contributed by atoms with Gasteiger partial charge in [0.1, 0.15) is 5.82 Å². The Bertz CT molecular complexity index is 891. The molecule has 0 aliphatic carbocycles. The third kappa shape index (κ3) is 4.93. The first-order chi connectivity index (χ1) is 12.9. The number of benzene rings is 1. The highest BCUT2D eigenvalue weighted by atomic mass is 16.2. The van der Waals surface area contributed by atoms with Crippen LogP contribution in [-0.4, -0.2) is 45.9 Å². The molecule has 0 radical (unpaired) electrons. The van der Waals surface area contributed by atoms with Gasteiger partial charge in [0.25, 0.3) is 5.56 Å². The molecule has 1 atom stereocenters. The molecule has 8 heteroatoms. The number of nitrogens with zero attached hydrogens (tertiary/aromatic N) is 2. The second kappa shape index (κ2) is 8.03. The lowest BCUT2D eigenvalue weighted by atomic mass is 10.1. The van der Waals surface area contributed by atoms with Crippen LogP contribution in [0.25, 0.3) is 11.3 Å². The van der Waals surface area contributed by atoms with E-state index < -0.39 is 0 Å². The average molecular weight is 369 g/mol. The maximum Gasteiger partial charge on any atom is 0.319 e. The van der Waals surface area contributed by atoms with Crippen LogP contribution < -0.4 is 16.2 Å². The first-order valence-electron chi connectivity index (χ1n) is 8.94. The van der Waals surface area contributed by atoms with Gasteiger partial charge in [-0.15, -0.1) is 0 Å². The first-order valence-corrected chi connectivity index (χ1v) is 8.94. The molecule has 1 aliphatic rings. The van der Waals surface area contributed by atoms with Crippen molar-refractivity contribution in [1.29, 1.82) is 0 Å². The van der Waals surface area contributed by atoms with Crippen molar-refractivity contribution < 1.29 is 9.59 Å². The average Bonchev–Trinajstić information content (AvgIpc) is 2.99. The van der Waals surface area contributed by atoms with E-state index in [1.54, 1.807) is 36.1 Å². The number of urea groups is 1. The zero-order valence-electron chi connectivity index (χ0n) is 15.4. The topological polar surface area (TPSA) is 107 Å². The van der Waals surface area contributed by atoms with E-state index in [1.807, 2.05) is 6.92 Å². The molecule has 3 amide bonds. The number of H-pyrrole nitrogens is 1. The molecule has 1 unspecified atom stereocenters. The molecule has 3 rings (SSSR count). The molecule has 1 aliphatic heterocycles. The van der Waals surface area contributed by atoms with Crippen molar-refractivity contribution >= 4 is 17.6 Å². The normalized spacial score (nSPS) is 14.9. The number of likely N-dealkylation sites (tertiary alicyclic amines) is 1. The molecular formula is C19H23N5O3. The Kier molecular flexibility index (Phi) is 5.54. The molecule has 2 heterocycles. The number of aromatic amines is 1. The number of aryl methyl sites for hydroxylation is 1. The Balaban J connectivity index is 1.56. The van der Waals surface area contributed by atoms with Gasteiger partial charge < -0.3 is 20.5 Å². The lowest BCUT2D eigenvalue weighted by molar-refractivity contribution is -0.127. The van der Waals surface area contributed by atoms with E-state index in [0.29, 0.717) is 30.2 Å². The van der Waals surface area contributed by atoms with Gasteiger partial charge in [0.15, 0.2) is 0 Å². The molecule has 142 valence electrons. The van der Waals surface area contributed by atoms with E-state index in [9.17, 15) is 14.4 Å². The second-order valence-electron chi connectivity index (χ2n) is 6.74. The van der Waals surface area contributed by atoms with Crippen molar-refractivity contribution in [2.75, 3.05) is 18.4 Å². The molecule has 8 nitrogen and oxygen atoms in total. The fraction of sp³-hybridized carbons (Fsp3) is 0.368. The second-order valence-corrected chi connectivity index (χ2v) is 6.74. The van der Waals surface area contributed by atoms with Crippen LogP contribution >= 0.6 is 0 Å². The Labute approximate surface area is 157 Å². The highest BCUT2D eigenvalue weighted by molar-refractivity contribution is 5.89. The van der Waals surface area contributed by atoms with Crippen LogP contribution in [0, 0.1) is 6.92 Å². The van der Waals surface area contributed by atoms with Crippen molar-refractivity contribution in [3.8, 4) is 11.3 Å². The van der Waals surface area contributed by atoms with Crippen molar-refractivity contribution in [2.45, 2.75) is 32.7 Å². The van der Waals surface area contributed by atoms with Gasteiger partial charge in [0, 0.05) is 42.9 Å². The summed E-state index contributed by atoms with van der Waals surface area (Å²) < 4.78 is 0. The van der Waals surface area contributed by atoms with Gasteiger partial charge in [-0.1, -0.05) is 12.1 Å². The van der Waals surface area contributed by atoms with Gasteiger partial charge >= 0.3 is 6.03 Å². The maximum absolute atomic E-state index is 12.1.